The maximum absolute atomic E-state index is 12.5. The van der Waals surface area contributed by atoms with Crippen molar-refractivity contribution in [3.05, 3.63) is 24.3 Å². The fourth-order valence-electron chi connectivity index (χ4n) is 2.74. The van der Waals surface area contributed by atoms with E-state index >= 15 is 0 Å². The van der Waals surface area contributed by atoms with Gasteiger partial charge in [0.15, 0.2) is 0 Å². The topological polar surface area (TPSA) is 75.7 Å². The summed E-state index contributed by atoms with van der Waals surface area (Å²) in [6.07, 6.45) is 8.51. The Morgan fingerprint density at radius 3 is 2.64 bits per heavy atom. The Hall–Kier alpha value is -2.11. The third kappa shape index (κ3) is 3.55. The van der Waals surface area contributed by atoms with Crippen LogP contribution in [0.3, 0.4) is 0 Å². The van der Waals surface area contributed by atoms with E-state index in [9.17, 15) is 14.4 Å². The van der Waals surface area contributed by atoms with Crippen molar-refractivity contribution in [2.45, 2.75) is 38.8 Å². The average molecular weight is 306 g/mol. The molecule has 1 heterocycles. The first kappa shape index (κ1) is 16.3. The summed E-state index contributed by atoms with van der Waals surface area (Å²) in [5, 5.41) is 2.71. The molecule has 2 amide bonds. The summed E-state index contributed by atoms with van der Waals surface area (Å²) >= 11 is 0. The summed E-state index contributed by atoms with van der Waals surface area (Å²) in [5.41, 5.74) is 0. The smallest absolute Gasteiger partial charge is 0.328 e. The van der Waals surface area contributed by atoms with Crippen LogP contribution in [0.25, 0.3) is 0 Å². The summed E-state index contributed by atoms with van der Waals surface area (Å²) in [6.45, 7) is 4.20. The minimum Gasteiger partial charge on any atom is -0.464 e. The number of carbonyl (C=O) groups is 3. The highest BCUT2D eigenvalue weighted by Crippen LogP contribution is 2.20. The number of amides is 2. The standard InChI is InChI=1S/C16H22N2O4/c1-3-22-16(21)13-9-6-10-18(13)15(20)11(2)17-14(19)12-7-4-5-8-12/h4-5,7-8,11-13H,3,6,9-10H2,1-2H3,(H,17,19)/t11-,13-/m0/s1. The number of hydrogen-bond donors (Lipinski definition) is 1. The summed E-state index contributed by atoms with van der Waals surface area (Å²) in [4.78, 5) is 37.9. The molecule has 0 aromatic carbocycles. The largest absolute Gasteiger partial charge is 0.464 e. The molecule has 1 aliphatic carbocycles. The minimum absolute atomic E-state index is 0.210. The zero-order chi connectivity index (χ0) is 16.1. The van der Waals surface area contributed by atoms with Gasteiger partial charge in [-0.3, -0.25) is 9.59 Å². The van der Waals surface area contributed by atoms with E-state index in [1.807, 2.05) is 0 Å². The Morgan fingerprint density at radius 1 is 1.32 bits per heavy atom. The molecule has 1 N–H and O–H groups in total. The van der Waals surface area contributed by atoms with Gasteiger partial charge in [-0.2, -0.15) is 0 Å². The van der Waals surface area contributed by atoms with Crippen molar-refractivity contribution in [3.63, 3.8) is 0 Å². The molecule has 0 saturated carbocycles. The van der Waals surface area contributed by atoms with Gasteiger partial charge in [0, 0.05) is 6.54 Å². The third-order valence-electron chi connectivity index (χ3n) is 3.87. The summed E-state index contributed by atoms with van der Waals surface area (Å²) < 4.78 is 5.01. The van der Waals surface area contributed by atoms with Gasteiger partial charge >= 0.3 is 5.97 Å². The molecule has 6 nitrogen and oxygen atoms in total. The second-order valence-electron chi connectivity index (χ2n) is 5.47. The van der Waals surface area contributed by atoms with Crippen molar-refractivity contribution >= 4 is 17.8 Å². The monoisotopic (exact) mass is 306 g/mol. The molecule has 0 spiro atoms. The van der Waals surface area contributed by atoms with Crippen LogP contribution in [-0.2, 0) is 19.1 Å². The SMILES string of the molecule is CCOC(=O)[C@@H]1CCCN1C(=O)[C@H](C)NC(=O)C1C=CC=C1. The zero-order valence-electron chi connectivity index (χ0n) is 13.0. The quantitative estimate of drug-likeness (QED) is 0.762. The molecule has 6 heteroatoms. The van der Waals surface area contributed by atoms with Gasteiger partial charge in [-0.1, -0.05) is 24.3 Å². The first-order valence-corrected chi connectivity index (χ1v) is 7.67. The lowest BCUT2D eigenvalue weighted by molar-refractivity contribution is -0.153. The first-order chi connectivity index (χ1) is 10.5. The van der Waals surface area contributed by atoms with Crippen molar-refractivity contribution in [1.82, 2.24) is 10.2 Å². The van der Waals surface area contributed by atoms with Crippen molar-refractivity contribution in [1.29, 1.82) is 0 Å². The molecule has 0 bridgehead atoms. The fraction of sp³-hybridized carbons (Fsp3) is 0.562. The molecule has 0 unspecified atom stereocenters. The molecule has 1 saturated heterocycles. The van der Waals surface area contributed by atoms with Crippen LogP contribution in [0.2, 0.25) is 0 Å². The van der Waals surface area contributed by atoms with Gasteiger partial charge in [0.25, 0.3) is 0 Å². The van der Waals surface area contributed by atoms with Gasteiger partial charge in [0.2, 0.25) is 11.8 Å². The predicted molar refractivity (Wildman–Crippen MR) is 80.7 cm³/mol. The van der Waals surface area contributed by atoms with Gasteiger partial charge in [0.05, 0.1) is 12.5 Å². The number of carbonyl (C=O) groups excluding carboxylic acids is 3. The first-order valence-electron chi connectivity index (χ1n) is 7.67. The second-order valence-corrected chi connectivity index (χ2v) is 5.47. The number of rotatable bonds is 5. The average Bonchev–Trinajstić information content (AvgIpc) is 3.17. The van der Waals surface area contributed by atoms with Crippen molar-refractivity contribution in [2.24, 2.45) is 5.92 Å². The third-order valence-corrected chi connectivity index (χ3v) is 3.87. The number of likely N-dealkylation sites (tertiary alicyclic amines) is 1. The Morgan fingerprint density at radius 2 is 2.00 bits per heavy atom. The Kier molecular flexibility index (Phi) is 5.35. The number of nitrogens with zero attached hydrogens (tertiary/aromatic N) is 1. The number of esters is 1. The van der Waals surface area contributed by atoms with Crippen LogP contribution in [0.1, 0.15) is 26.7 Å². The maximum Gasteiger partial charge on any atom is 0.328 e. The molecule has 0 aromatic rings. The van der Waals surface area contributed by atoms with E-state index in [1.165, 1.54) is 4.90 Å². The summed E-state index contributed by atoms with van der Waals surface area (Å²) in [5.74, 6) is -1.14. The molecular weight excluding hydrogens is 284 g/mol. The number of nitrogens with one attached hydrogen (secondary N) is 1. The Bertz CT molecular complexity index is 500. The number of allylic oxidation sites excluding steroid dienone is 2. The normalized spacial score (nSPS) is 21.9. The van der Waals surface area contributed by atoms with Crippen LogP contribution in [0.4, 0.5) is 0 Å². The molecule has 2 aliphatic rings. The lowest BCUT2D eigenvalue weighted by Crippen LogP contribution is -2.51. The van der Waals surface area contributed by atoms with E-state index in [0.717, 1.165) is 6.42 Å². The molecule has 22 heavy (non-hydrogen) atoms. The highest BCUT2D eigenvalue weighted by atomic mass is 16.5. The fourth-order valence-corrected chi connectivity index (χ4v) is 2.74. The van der Waals surface area contributed by atoms with Gasteiger partial charge < -0.3 is 15.0 Å². The van der Waals surface area contributed by atoms with E-state index < -0.39 is 12.1 Å². The molecular formula is C16H22N2O4. The van der Waals surface area contributed by atoms with Gasteiger partial charge in [-0.25, -0.2) is 4.79 Å². The van der Waals surface area contributed by atoms with Crippen LogP contribution in [0.15, 0.2) is 24.3 Å². The lowest BCUT2D eigenvalue weighted by Gasteiger charge is -2.26. The lowest BCUT2D eigenvalue weighted by atomic mass is 10.1. The molecule has 1 fully saturated rings. The van der Waals surface area contributed by atoms with Crippen molar-refractivity contribution < 1.29 is 19.1 Å². The molecule has 0 radical (unpaired) electrons. The Labute approximate surface area is 130 Å². The van der Waals surface area contributed by atoms with E-state index in [1.54, 1.807) is 38.2 Å². The second kappa shape index (κ2) is 7.24. The zero-order valence-corrected chi connectivity index (χ0v) is 13.0. The molecule has 2 rings (SSSR count). The predicted octanol–water partition coefficient (Wildman–Crippen LogP) is 0.787. The summed E-state index contributed by atoms with van der Waals surface area (Å²) in [7, 11) is 0. The maximum atomic E-state index is 12.5. The highest BCUT2D eigenvalue weighted by molar-refractivity contribution is 5.92. The molecule has 1 aliphatic heterocycles. The van der Waals surface area contributed by atoms with Crippen molar-refractivity contribution in [3.8, 4) is 0 Å². The van der Waals surface area contributed by atoms with Crippen LogP contribution in [-0.4, -0.2) is 47.9 Å². The minimum atomic E-state index is -0.662. The van der Waals surface area contributed by atoms with E-state index in [4.69, 9.17) is 4.74 Å². The summed E-state index contributed by atoms with van der Waals surface area (Å²) in [6, 6.07) is -1.19. The van der Waals surface area contributed by atoms with Gasteiger partial charge in [-0.15, -0.1) is 0 Å². The van der Waals surface area contributed by atoms with Crippen LogP contribution >= 0.6 is 0 Å². The number of hydrogen-bond acceptors (Lipinski definition) is 4. The highest BCUT2D eigenvalue weighted by Gasteiger charge is 2.37. The van der Waals surface area contributed by atoms with E-state index in [2.05, 4.69) is 5.32 Å². The van der Waals surface area contributed by atoms with E-state index in [0.29, 0.717) is 19.6 Å². The van der Waals surface area contributed by atoms with Gasteiger partial charge in [0.1, 0.15) is 12.1 Å². The van der Waals surface area contributed by atoms with E-state index in [-0.39, 0.29) is 23.7 Å². The van der Waals surface area contributed by atoms with Crippen LogP contribution < -0.4 is 5.32 Å². The van der Waals surface area contributed by atoms with Crippen molar-refractivity contribution in [2.75, 3.05) is 13.2 Å². The molecule has 120 valence electrons. The molecule has 0 aromatic heterocycles. The number of ether oxygens (including phenoxy) is 1. The van der Waals surface area contributed by atoms with Crippen LogP contribution in [0.5, 0.6) is 0 Å². The van der Waals surface area contributed by atoms with Crippen LogP contribution in [0, 0.1) is 5.92 Å². The Balaban J connectivity index is 1.94. The molecule has 2 atom stereocenters. The van der Waals surface area contributed by atoms with Gasteiger partial charge in [-0.05, 0) is 26.7 Å².